The van der Waals surface area contributed by atoms with Gasteiger partial charge in [-0.3, -0.25) is 4.79 Å². The second-order valence-electron chi connectivity index (χ2n) is 5.76. The van der Waals surface area contributed by atoms with Gasteiger partial charge in [-0.15, -0.1) is 0 Å². The summed E-state index contributed by atoms with van der Waals surface area (Å²) in [5, 5.41) is 12.5. The number of benzene rings is 1. The summed E-state index contributed by atoms with van der Waals surface area (Å²) >= 11 is 0. The summed E-state index contributed by atoms with van der Waals surface area (Å²) in [6, 6.07) is 6.44. The zero-order valence-corrected chi connectivity index (χ0v) is 11.8. The number of carboxylic acids is 1. The van der Waals surface area contributed by atoms with Crippen molar-refractivity contribution >= 4 is 11.7 Å². The van der Waals surface area contributed by atoms with Crippen LogP contribution in [0.5, 0.6) is 0 Å². The first kappa shape index (κ1) is 13.9. The molecule has 1 aromatic rings. The van der Waals surface area contributed by atoms with E-state index in [0.29, 0.717) is 5.92 Å². The predicted molar refractivity (Wildman–Crippen MR) is 77.5 cm³/mol. The Hall–Kier alpha value is -1.51. The van der Waals surface area contributed by atoms with Crippen molar-refractivity contribution in [2.45, 2.75) is 39.5 Å². The van der Waals surface area contributed by atoms with Crippen LogP contribution >= 0.6 is 0 Å². The second kappa shape index (κ2) is 6.09. The van der Waals surface area contributed by atoms with Gasteiger partial charge < -0.3 is 10.4 Å². The summed E-state index contributed by atoms with van der Waals surface area (Å²) in [6.07, 6.45) is 3.70. The molecule has 2 rings (SSSR count). The van der Waals surface area contributed by atoms with Gasteiger partial charge in [0.15, 0.2) is 0 Å². The first-order valence-electron chi connectivity index (χ1n) is 7.10. The summed E-state index contributed by atoms with van der Waals surface area (Å²) in [5.74, 6) is -0.131. The molecule has 0 bridgehead atoms. The third kappa shape index (κ3) is 3.72. The van der Waals surface area contributed by atoms with Crippen LogP contribution in [0.25, 0.3) is 0 Å². The van der Waals surface area contributed by atoms with E-state index in [2.05, 4.69) is 37.4 Å². The van der Waals surface area contributed by atoms with Gasteiger partial charge >= 0.3 is 5.97 Å². The summed E-state index contributed by atoms with van der Waals surface area (Å²) in [7, 11) is 0. The largest absolute Gasteiger partial charge is 0.481 e. The van der Waals surface area contributed by atoms with Crippen LogP contribution in [0.15, 0.2) is 18.2 Å². The van der Waals surface area contributed by atoms with Gasteiger partial charge in [0.25, 0.3) is 0 Å². The van der Waals surface area contributed by atoms with E-state index in [1.165, 1.54) is 16.8 Å². The minimum absolute atomic E-state index is 0.114. The maximum absolute atomic E-state index is 10.9. The van der Waals surface area contributed by atoms with Gasteiger partial charge in [-0.25, -0.2) is 0 Å². The fourth-order valence-electron chi connectivity index (χ4n) is 2.79. The second-order valence-corrected chi connectivity index (χ2v) is 5.76. The number of hydrogen-bond acceptors (Lipinski definition) is 2. The molecule has 0 aliphatic heterocycles. The van der Waals surface area contributed by atoms with Gasteiger partial charge in [-0.1, -0.05) is 12.1 Å². The number of carboxylic acid groups (broad SMARTS) is 1. The predicted octanol–water partition coefficient (Wildman–Crippen LogP) is 3.61. The van der Waals surface area contributed by atoms with Gasteiger partial charge in [0.1, 0.15) is 0 Å². The number of anilines is 1. The maximum Gasteiger partial charge on any atom is 0.306 e. The van der Waals surface area contributed by atoms with E-state index in [1.54, 1.807) is 0 Å². The van der Waals surface area contributed by atoms with Crippen molar-refractivity contribution in [1.29, 1.82) is 0 Å². The van der Waals surface area contributed by atoms with Crippen molar-refractivity contribution in [3.63, 3.8) is 0 Å². The average molecular weight is 261 g/mol. The lowest BCUT2D eigenvalue weighted by molar-refractivity contribution is -0.143. The monoisotopic (exact) mass is 261 g/mol. The topological polar surface area (TPSA) is 49.3 Å². The SMILES string of the molecule is Cc1ccc(C)c(NCC2CCC(C(=O)O)CC2)c1. The van der Waals surface area contributed by atoms with Gasteiger partial charge in [0.05, 0.1) is 5.92 Å². The Morgan fingerprint density at radius 2 is 1.95 bits per heavy atom. The maximum atomic E-state index is 10.9. The van der Waals surface area contributed by atoms with Crippen LogP contribution in [0.2, 0.25) is 0 Å². The van der Waals surface area contributed by atoms with Gasteiger partial charge in [0.2, 0.25) is 0 Å². The minimum atomic E-state index is -0.624. The Morgan fingerprint density at radius 1 is 1.26 bits per heavy atom. The first-order valence-corrected chi connectivity index (χ1v) is 7.10. The molecule has 0 heterocycles. The Bertz CT molecular complexity index is 448. The van der Waals surface area contributed by atoms with Crippen molar-refractivity contribution in [1.82, 2.24) is 0 Å². The number of aliphatic carboxylic acids is 1. The molecule has 2 N–H and O–H groups in total. The van der Waals surface area contributed by atoms with E-state index < -0.39 is 5.97 Å². The molecule has 0 radical (unpaired) electrons. The Morgan fingerprint density at radius 3 is 2.58 bits per heavy atom. The van der Waals surface area contributed by atoms with Crippen LogP contribution in [0.4, 0.5) is 5.69 Å². The fourth-order valence-corrected chi connectivity index (χ4v) is 2.79. The van der Waals surface area contributed by atoms with Gasteiger partial charge in [0, 0.05) is 12.2 Å². The summed E-state index contributed by atoms with van der Waals surface area (Å²) in [4.78, 5) is 10.9. The van der Waals surface area contributed by atoms with E-state index in [1.807, 2.05) is 0 Å². The number of hydrogen-bond donors (Lipinski definition) is 2. The van der Waals surface area contributed by atoms with Crippen molar-refractivity contribution in [2.24, 2.45) is 11.8 Å². The molecule has 1 fully saturated rings. The van der Waals surface area contributed by atoms with E-state index >= 15 is 0 Å². The molecule has 0 spiro atoms. The zero-order chi connectivity index (χ0) is 13.8. The van der Waals surface area contributed by atoms with Crippen LogP contribution in [-0.2, 0) is 4.79 Å². The fraction of sp³-hybridized carbons (Fsp3) is 0.562. The minimum Gasteiger partial charge on any atom is -0.481 e. The third-order valence-electron chi connectivity index (χ3n) is 4.17. The summed E-state index contributed by atoms with van der Waals surface area (Å²) in [5.41, 5.74) is 3.74. The van der Waals surface area contributed by atoms with Crippen LogP contribution in [0, 0.1) is 25.7 Å². The first-order chi connectivity index (χ1) is 9.06. The van der Waals surface area contributed by atoms with Crippen LogP contribution in [0.1, 0.15) is 36.8 Å². The molecule has 0 atom stereocenters. The van der Waals surface area contributed by atoms with Crippen LogP contribution in [-0.4, -0.2) is 17.6 Å². The molecular formula is C16H23NO2. The van der Waals surface area contributed by atoms with Crippen molar-refractivity contribution in [2.75, 3.05) is 11.9 Å². The van der Waals surface area contributed by atoms with Crippen molar-refractivity contribution in [3.05, 3.63) is 29.3 Å². The molecule has 19 heavy (non-hydrogen) atoms. The molecule has 1 aromatic carbocycles. The quantitative estimate of drug-likeness (QED) is 0.870. The molecule has 1 saturated carbocycles. The highest BCUT2D eigenvalue weighted by Gasteiger charge is 2.25. The average Bonchev–Trinajstić information content (AvgIpc) is 2.40. The summed E-state index contributed by atoms with van der Waals surface area (Å²) < 4.78 is 0. The molecule has 0 saturated heterocycles. The number of aryl methyl sites for hydroxylation is 2. The highest BCUT2D eigenvalue weighted by atomic mass is 16.4. The Labute approximate surface area is 115 Å². The lowest BCUT2D eigenvalue weighted by atomic mass is 9.82. The molecular weight excluding hydrogens is 238 g/mol. The number of carbonyl (C=O) groups is 1. The molecule has 0 unspecified atom stereocenters. The highest BCUT2D eigenvalue weighted by molar-refractivity contribution is 5.70. The van der Waals surface area contributed by atoms with Crippen LogP contribution < -0.4 is 5.32 Å². The number of nitrogens with one attached hydrogen (secondary N) is 1. The number of rotatable bonds is 4. The Balaban J connectivity index is 1.83. The smallest absolute Gasteiger partial charge is 0.306 e. The Kier molecular flexibility index (Phi) is 4.46. The molecule has 0 amide bonds. The molecule has 1 aliphatic carbocycles. The van der Waals surface area contributed by atoms with Gasteiger partial charge in [-0.05, 0) is 62.6 Å². The summed E-state index contributed by atoms with van der Waals surface area (Å²) in [6.45, 7) is 5.17. The molecule has 1 aliphatic rings. The van der Waals surface area contributed by atoms with Crippen LogP contribution in [0.3, 0.4) is 0 Å². The third-order valence-corrected chi connectivity index (χ3v) is 4.17. The van der Waals surface area contributed by atoms with E-state index in [0.717, 1.165) is 32.2 Å². The zero-order valence-electron chi connectivity index (χ0n) is 11.8. The molecule has 104 valence electrons. The molecule has 3 heteroatoms. The standard InChI is InChI=1S/C16H23NO2/c1-11-3-4-12(2)15(9-11)17-10-13-5-7-14(8-6-13)16(18)19/h3-4,9,13-14,17H,5-8,10H2,1-2H3,(H,18,19). The lowest BCUT2D eigenvalue weighted by Crippen LogP contribution is -2.25. The van der Waals surface area contributed by atoms with Crippen molar-refractivity contribution < 1.29 is 9.90 Å². The lowest BCUT2D eigenvalue weighted by Gasteiger charge is -2.26. The highest BCUT2D eigenvalue weighted by Crippen LogP contribution is 2.29. The normalized spacial score (nSPS) is 23.1. The molecule has 0 aromatic heterocycles. The molecule has 3 nitrogen and oxygen atoms in total. The van der Waals surface area contributed by atoms with E-state index in [4.69, 9.17) is 5.11 Å². The van der Waals surface area contributed by atoms with Gasteiger partial charge in [-0.2, -0.15) is 0 Å². The van der Waals surface area contributed by atoms with E-state index in [9.17, 15) is 4.79 Å². The van der Waals surface area contributed by atoms with E-state index in [-0.39, 0.29) is 5.92 Å². The van der Waals surface area contributed by atoms with Crippen molar-refractivity contribution in [3.8, 4) is 0 Å².